The first kappa shape index (κ1) is 23.6. The lowest BCUT2D eigenvalue weighted by Crippen LogP contribution is -2.40. The van der Waals surface area contributed by atoms with Gasteiger partial charge in [-0.25, -0.2) is 14.8 Å². The second kappa shape index (κ2) is 10.6. The number of nitrogens with zero attached hydrogens (tertiary/aromatic N) is 5. The molecule has 2 N–H and O–H groups in total. The van der Waals surface area contributed by atoms with E-state index < -0.39 is 6.03 Å². The van der Waals surface area contributed by atoms with Crippen LogP contribution < -0.4 is 15.0 Å². The molecule has 1 atom stereocenters. The van der Waals surface area contributed by atoms with Crippen molar-refractivity contribution in [2.45, 2.75) is 32.3 Å². The first-order valence-electron chi connectivity index (χ1n) is 11.4. The van der Waals surface area contributed by atoms with Crippen molar-refractivity contribution in [2.24, 2.45) is 5.92 Å². The van der Waals surface area contributed by atoms with Gasteiger partial charge in [-0.05, 0) is 50.9 Å². The van der Waals surface area contributed by atoms with E-state index in [4.69, 9.17) is 4.74 Å². The van der Waals surface area contributed by atoms with Crippen molar-refractivity contribution in [1.29, 1.82) is 5.26 Å². The molecule has 1 fully saturated rings. The number of aldehydes is 1. The van der Waals surface area contributed by atoms with Gasteiger partial charge in [-0.1, -0.05) is 0 Å². The number of urea groups is 1. The highest BCUT2D eigenvalue weighted by molar-refractivity contribution is 6.01. The second-order valence-corrected chi connectivity index (χ2v) is 8.74. The van der Waals surface area contributed by atoms with Crippen LogP contribution in [0.5, 0.6) is 5.75 Å². The molecule has 10 nitrogen and oxygen atoms in total. The van der Waals surface area contributed by atoms with Crippen LogP contribution >= 0.6 is 0 Å². The average molecular weight is 465 g/mol. The van der Waals surface area contributed by atoms with Gasteiger partial charge in [0.05, 0.1) is 19.4 Å². The molecule has 4 heterocycles. The molecule has 4 rings (SSSR count). The van der Waals surface area contributed by atoms with Gasteiger partial charge in [-0.2, -0.15) is 5.26 Å². The summed E-state index contributed by atoms with van der Waals surface area (Å²) in [5.74, 6) is 1.42. The summed E-state index contributed by atoms with van der Waals surface area (Å²) in [6.45, 7) is 2.64. The van der Waals surface area contributed by atoms with E-state index in [2.05, 4.69) is 33.3 Å². The summed E-state index contributed by atoms with van der Waals surface area (Å²) in [6, 6.07) is 4.93. The number of hydrogen-bond acceptors (Lipinski definition) is 8. The topological polar surface area (TPSA) is 132 Å². The number of likely N-dealkylation sites (tertiary alicyclic amines) is 1. The van der Waals surface area contributed by atoms with Crippen LogP contribution in [0.2, 0.25) is 0 Å². The number of amides is 2. The average Bonchev–Trinajstić information content (AvgIpc) is 2.86. The fraction of sp³-hybridized carbons (Fsp3) is 0.458. The minimum absolute atomic E-state index is 0.112. The van der Waals surface area contributed by atoms with Crippen molar-refractivity contribution in [3.63, 3.8) is 0 Å². The Kier molecular flexibility index (Phi) is 7.35. The first-order chi connectivity index (χ1) is 16.5. The van der Waals surface area contributed by atoms with Gasteiger partial charge in [0.2, 0.25) is 0 Å². The number of hydrogen-bond donors (Lipinski definition) is 2. The number of anilines is 2. The van der Waals surface area contributed by atoms with Crippen molar-refractivity contribution in [2.75, 3.05) is 43.5 Å². The Bertz CT molecular complexity index is 1120. The maximum Gasteiger partial charge on any atom is 0.328 e. The van der Waals surface area contributed by atoms with Crippen molar-refractivity contribution in [3.05, 3.63) is 40.7 Å². The third-order valence-electron chi connectivity index (χ3n) is 6.22. The van der Waals surface area contributed by atoms with Gasteiger partial charge in [0.25, 0.3) is 0 Å². The Morgan fingerprint density at radius 2 is 2.24 bits per heavy atom. The lowest BCUT2D eigenvalue weighted by Gasteiger charge is -2.29. The largest absolute Gasteiger partial charge is 0.492 e. The number of rotatable bonds is 6. The predicted molar refractivity (Wildman–Crippen MR) is 125 cm³/mol. The normalized spacial score (nSPS) is 18.0. The summed E-state index contributed by atoms with van der Waals surface area (Å²) in [5, 5.41) is 21.7. The van der Waals surface area contributed by atoms with Gasteiger partial charge >= 0.3 is 6.03 Å². The minimum atomic E-state index is -0.445. The smallest absolute Gasteiger partial charge is 0.328 e. The second-order valence-electron chi connectivity index (χ2n) is 8.74. The number of aryl methyl sites for hydroxylation is 1. The molecule has 0 aromatic carbocycles. The van der Waals surface area contributed by atoms with Crippen LogP contribution in [0, 0.1) is 17.2 Å². The molecule has 2 amide bonds. The monoisotopic (exact) mass is 464 g/mol. The van der Waals surface area contributed by atoms with Crippen LogP contribution in [-0.4, -0.2) is 65.6 Å². The van der Waals surface area contributed by atoms with Crippen molar-refractivity contribution in [3.8, 4) is 11.8 Å². The van der Waals surface area contributed by atoms with E-state index in [0.717, 1.165) is 37.9 Å². The van der Waals surface area contributed by atoms with E-state index in [0.29, 0.717) is 54.5 Å². The summed E-state index contributed by atoms with van der Waals surface area (Å²) in [6.07, 6.45) is 5.57. The number of aliphatic hydroxyl groups excluding tert-OH is 1. The van der Waals surface area contributed by atoms with Gasteiger partial charge in [0.1, 0.15) is 34.7 Å². The van der Waals surface area contributed by atoms with Crippen molar-refractivity contribution >= 4 is 24.0 Å². The Morgan fingerprint density at radius 3 is 2.97 bits per heavy atom. The quantitative estimate of drug-likeness (QED) is 0.623. The van der Waals surface area contributed by atoms with Crippen LogP contribution in [0.25, 0.3) is 0 Å². The number of pyridine rings is 2. The molecular formula is C24H28N6O4. The molecule has 1 saturated heterocycles. The standard InChI is InChI=1S/C24H28N6O4/c1-29-6-2-4-16(12-29)15-34-21-9-22(26-11-19(21)10-25)28-24(33)30-7-3-5-17-8-18(13-31)20(14-32)27-23(17)30/h8-9,11,14,16,31H,2-7,12-13,15H2,1H3,(H,26,28,33). The fourth-order valence-electron chi connectivity index (χ4n) is 4.49. The van der Waals surface area contributed by atoms with E-state index in [9.17, 15) is 20.0 Å². The zero-order chi connectivity index (χ0) is 24.1. The van der Waals surface area contributed by atoms with Crippen LogP contribution in [0.3, 0.4) is 0 Å². The molecule has 178 valence electrons. The fourth-order valence-corrected chi connectivity index (χ4v) is 4.49. The highest BCUT2D eigenvalue weighted by atomic mass is 16.5. The molecule has 0 bridgehead atoms. The molecule has 34 heavy (non-hydrogen) atoms. The van der Waals surface area contributed by atoms with Gasteiger partial charge in [0, 0.05) is 30.6 Å². The molecule has 2 aliphatic rings. The Hall–Kier alpha value is -3.55. The molecular weight excluding hydrogens is 436 g/mol. The molecule has 0 saturated carbocycles. The van der Waals surface area contributed by atoms with Gasteiger partial charge in [-0.3, -0.25) is 15.0 Å². The third-order valence-corrected chi connectivity index (χ3v) is 6.22. The molecule has 10 heteroatoms. The number of nitrogens with one attached hydrogen (secondary N) is 1. The zero-order valence-electron chi connectivity index (χ0n) is 19.2. The highest BCUT2D eigenvalue weighted by Crippen LogP contribution is 2.29. The number of carbonyl (C=O) groups excluding carboxylic acids is 2. The van der Waals surface area contributed by atoms with Gasteiger partial charge < -0.3 is 14.7 Å². The maximum atomic E-state index is 13.1. The van der Waals surface area contributed by atoms with Gasteiger partial charge in [0.15, 0.2) is 6.29 Å². The molecule has 0 spiro atoms. The number of fused-ring (bicyclic) bond motifs is 1. The summed E-state index contributed by atoms with van der Waals surface area (Å²) < 4.78 is 5.97. The summed E-state index contributed by atoms with van der Waals surface area (Å²) in [4.78, 5) is 36.7. The first-order valence-corrected chi connectivity index (χ1v) is 11.4. The van der Waals surface area contributed by atoms with Crippen LogP contribution in [0.1, 0.15) is 46.4 Å². The SMILES string of the molecule is CN1CCCC(COc2cc(NC(=O)N3CCCc4cc(CO)c(C=O)nc43)ncc2C#N)C1. The van der Waals surface area contributed by atoms with Crippen molar-refractivity contribution < 1.29 is 19.4 Å². The summed E-state index contributed by atoms with van der Waals surface area (Å²) in [7, 11) is 2.09. The lowest BCUT2D eigenvalue weighted by molar-refractivity contribution is 0.111. The number of aliphatic hydroxyl groups is 1. The summed E-state index contributed by atoms with van der Waals surface area (Å²) in [5.41, 5.74) is 1.65. The van der Waals surface area contributed by atoms with Gasteiger partial charge in [-0.15, -0.1) is 0 Å². The predicted octanol–water partition coefficient (Wildman–Crippen LogP) is 2.36. The molecule has 0 aliphatic carbocycles. The van der Waals surface area contributed by atoms with Crippen LogP contribution in [0.15, 0.2) is 18.3 Å². The highest BCUT2D eigenvalue weighted by Gasteiger charge is 2.26. The maximum absolute atomic E-state index is 13.1. The van der Waals surface area contributed by atoms with E-state index in [-0.39, 0.29) is 18.1 Å². The van der Waals surface area contributed by atoms with E-state index in [1.807, 2.05) is 0 Å². The Morgan fingerprint density at radius 1 is 1.38 bits per heavy atom. The lowest BCUT2D eigenvalue weighted by atomic mass is 9.99. The van der Waals surface area contributed by atoms with E-state index in [1.54, 1.807) is 12.1 Å². The zero-order valence-corrected chi connectivity index (χ0v) is 19.2. The molecule has 1 unspecified atom stereocenters. The number of carbonyl (C=O) groups is 2. The van der Waals surface area contributed by atoms with Crippen LogP contribution in [-0.2, 0) is 13.0 Å². The summed E-state index contributed by atoms with van der Waals surface area (Å²) >= 11 is 0. The van der Waals surface area contributed by atoms with E-state index in [1.165, 1.54) is 11.1 Å². The van der Waals surface area contributed by atoms with Crippen molar-refractivity contribution in [1.82, 2.24) is 14.9 Å². The number of aromatic nitrogens is 2. The minimum Gasteiger partial charge on any atom is -0.492 e. The number of piperidine rings is 1. The van der Waals surface area contributed by atoms with E-state index >= 15 is 0 Å². The number of ether oxygens (including phenoxy) is 1. The number of nitriles is 1. The molecule has 0 radical (unpaired) electrons. The molecule has 2 aliphatic heterocycles. The third kappa shape index (κ3) is 5.16. The molecule has 2 aromatic heterocycles. The Labute approximate surface area is 198 Å². The van der Waals surface area contributed by atoms with Crippen LogP contribution in [0.4, 0.5) is 16.4 Å². The Balaban J connectivity index is 1.50. The molecule has 2 aromatic rings.